The minimum absolute atomic E-state index is 0.362. The molecule has 0 heterocycles. The van der Waals surface area contributed by atoms with Gasteiger partial charge in [-0.25, -0.2) is 0 Å². The van der Waals surface area contributed by atoms with Crippen molar-refractivity contribution < 1.29 is 4.74 Å². The molecule has 0 amide bonds. The Kier molecular flexibility index (Phi) is 4.62. The fourth-order valence-electron chi connectivity index (χ4n) is 1.68. The molecule has 0 saturated heterocycles. The van der Waals surface area contributed by atoms with Crippen LogP contribution in [0.25, 0.3) is 0 Å². The zero-order valence-corrected chi connectivity index (χ0v) is 10.9. The van der Waals surface area contributed by atoms with Gasteiger partial charge in [0.1, 0.15) is 0 Å². The van der Waals surface area contributed by atoms with Crippen molar-refractivity contribution in [1.29, 1.82) is 0 Å². The lowest BCUT2D eigenvalue weighted by Gasteiger charge is -2.23. The quantitative estimate of drug-likeness (QED) is 0.634. The van der Waals surface area contributed by atoms with Crippen molar-refractivity contribution in [3.8, 4) is 0 Å². The fourth-order valence-corrected chi connectivity index (χ4v) is 3.05. The van der Waals surface area contributed by atoms with Gasteiger partial charge in [-0.05, 0) is 32.3 Å². The first-order valence-corrected chi connectivity index (χ1v) is 8.58. The molecule has 0 radical (unpaired) electrons. The predicted molar refractivity (Wildman–Crippen MR) is 65.3 cm³/mol. The highest BCUT2D eigenvalue weighted by Gasteiger charge is 2.17. The minimum Gasteiger partial charge on any atom is -0.379 e. The van der Waals surface area contributed by atoms with Gasteiger partial charge in [0, 0.05) is 5.73 Å². The summed E-state index contributed by atoms with van der Waals surface area (Å²) in [5.74, 6) is 0. The van der Waals surface area contributed by atoms with Crippen LogP contribution in [0, 0.1) is 0 Å². The van der Waals surface area contributed by atoms with Gasteiger partial charge in [0.05, 0.1) is 14.9 Å². The molecule has 1 nitrogen and oxygen atoms in total. The lowest BCUT2D eigenvalue weighted by atomic mass is 10.2. The molecule has 0 N–H and O–H groups in total. The van der Waals surface area contributed by atoms with Crippen LogP contribution in [0.4, 0.5) is 0 Å². The van der Waals surface area contributed by atoms with Gasteiger partial charge in [0.2, 0.25) is 0 Å². The summed E-state index contributed by atoms with van der Waals surface area (Å²) in [4.78, 5) is 0. The normalized spacial score (nSPS) is 18.0. The Labute approximate surface area is 89.5 Å². The number of rotatable bonds is 5. The molecule has 0 fully saturated rings. The largest absolute Gasteiger partial charge is 0.379 e. The van der Waals surface area contributed by atoms with Crippen molar-refractivity contribution in [3.63, 3.8) is 0 Å². The number of hydrogen-bond acceptors (Lipinski definition) is 1. The van der Waals surface area contributed by atoms with Gasteiger partial charge < -0.3 is 4.74 Å². The molecule has 1 aliphatic rings. The van der Waals surface area contributed by atoms with Crippen LogP contribution in [0.1, 0.15) is 26.7 Å². The maximum absolute atomic E-state index is 5.96. The molecule has 0 bridgehead atoms. The van der Waals surface area contributed by atoms with Crippen LogP contribution in [0.5, 0.6) is 0 Å². The maximum atomic E-state index is 5.96. The molecular formula is C12H22OSi. The number of hydrogen-bond donors (Lipinski definition) is 0. The van der Waals surface area contributed by atoms with E-state index in [0.717, 1.165) is 12.8 Å². The molecule has 1 atom stereocenters. The van der Waals surface area contributed by atoms with E-state index in [0.29, 0.717) is 11.8 Å². The second-order valence-corrected chi connectivity index (χ2v) is 7.82. The molecule has 1 unspecified atom stereocenters. The summed E-state index contributed by atoms with van der Waals surface area (Å²) in [5.41, 5.74) is 1.97. The van der Waals surface area contributed by atoms with Crippen LogP contribution in [0.15, 0.2) is 23.8 Å². The Morgan fingerprint density at radius 2 is 2.14 bits per heavy atom. The van der Waals surface area contributed by atoms with Crippen molar-refractivity contribution in [2.75, 3.05) is 0 Å². The molecule has 1 rings (SSSR count). The molecular weight excluding hydrogens is 188 g/mol. The number of allylic oxidation sites excluding steroid dienone is 3. The van der Waals surface area contributed by atoms with Crippen LogP contribution >= 0.6 is 0 Å². The Morgan fingerprint density at radius 3 is 2.57 bits per heavy atom. The molecule has 80 valence electrons. The zero-order valence-electron chi connectivity index (χ0n) is 9.79. The van der Waals surface area contributed by atoms with Crippen LogP contribution in [-0.4, -0.2) is 20.6 Å². The second kappa shape index (κ2) is 5.52. The van der Waals surface area contributed by atoms with E-state index in [1.165, 1.54) is 5.57 Å². The summed E-state index contributed by atoms with van der Waals surface area (Å²) >= 11 is 0. The van der Waals surface area contributed by atoms with Gasteiger partial charge in [-0.3, -0.25) is 0 Å². The van der Waals surface area contributed by atoms with E-state index < -0.39 is 8.80 Å². The van der Waals surface area contributed by atoms with Crippen molar-refractivity contribution >= 4 is 8.80 Å². The van der Waals surface area contributed by atoms with E-state index in [1.807, 2.05) is 0 Å². The highest BCUT2D eigenvalue weighted by Crippen LogP contribution is 2.19. The van der Waals surface area contributed by atoms with Crippen LogP contribution in [-0.2, 0) is 4.74 Å². The van der Waals surface area contributed by atoms with Gasteiger partial charge in [-0.1, -0.05) is 31.3 Å². The maximum Gasteiger partial charge on any atom is 0.0660 e. The van der Waals surface area contributed by atoms with Gasteiger partial charge in [-0.15, -0.1) is 0 Å². The van der Waals surface area contributed by atoms with Gasteiger partial charge >= 0.3 is 0 Å². The molecule has 1 aliphatic carbocycles. The van der Waals surface area contributed by atoms with Crippen LogP contribution < -0.4 is 0 Å². The second-order valence-electron chi connectivity index (χ2n) is 4.59. The Balaban J connectivity index is 2.46. The summed E-state index contributed by atoms with van der Waals surface area (Å²) in [6.45, 7) is 8.99. The summed E-state index contributed by atoms with van der Waals surface area (Å²) in [6, 6.07) is 0. The van der Waals surface area contributed by atoms with Crippen LogP contribution in [0.3, 0.4) is 0 Å². The number of ether oxygens (including phenoxy) is 1. The molecule has 0 aromatic carbocycles. The van der Waals surface area contributed by atoms with E-state index in [2.05, 4.69) is 45.2 Å². The Hall–Kier alpha value is -0.343. The first-order chi connectivity index (χ1) is 6.59. The average molecular weight is 210 g/mol. The monoisotopic (exact) mass is 210 g/mol. The van der Waals surface area contributed by atoms with Crippen molar-refractivity contribution in [2.24, 2.45) is 0 Å². The lowest BCUT2D eigenvalue weighted by Crippen LogP contribution is -2.30. The van der Waals surface area contributed by atoms with Crippen molar-refractivity contribution in [3.05, 3.63) is 23.8 Å². The topological polar surface area (TPSA) is 9.23 Å². The van der Waals surface area contributed by atoms with Gasteiger partial charge in [-0.2, -0.15) is 0 Å². The average Bonchev–Trinajstić information content (AvgIpc) is 2.54. The van der Waals surface area contributed by atoms with Crippen LogP contribution in [0.2, 0.25) is 13.1 Å². The molecule has 0 spiro atoms. The standard InChI is InChI=1S/C12H22OSi/c1-10(2)13-12(14(3)4)9-11-7-5-6-8-11/h5,7-8,10,12,14H,6,9H2,1-4H3. The lowest BCUT2D eigenvalue weighted by molar-refractivity contribution is 0.0514. The highest BCUT2D eigenvalue weighted by molar-refractivity contribution is 6.57. The molecule has 0 aromatic rings. The first-order valence-electron chi connectivity index (χ1n) is 5.60. The van der Waals surface area contributed by atoms with E-state index in [4.69, 9.17) is 4.74 Å². The zero-order chi connectivity index (χ0) is 10.6. The predicted octanol–water partition coefficient (Wildman–Crippen LogP) is 3.08. The Morgan fingerprint density at radius 1 is 1.43 bits per heavy atom. The molecule has 0 aromatic heterocycles. The fraction of sp³-hybridized carbons (Fsp3) is 0.667. The van der Waals surface area contributed by atoms with E-state index in [9.17, 15) is 0 Å². The summed E-state index contributed by atoms with van der Waals surface area (Å²) in [7, 11) is -0.695. The molecule has 2 heteroatoms. The van der Waals surface area contributed by atoms with Gasteiger partial charge in [0.15, 0.2) is 0 Å². The smallest absolute Gasteiger partial charge is 0.0660 e. The summed E-state index contributed by atoms with van der Waals surface area (Å²) in [5, 5.41) is 0. The molecule has 14 heavy (non-hydrogen) atoms. The van der Waals surface area contributed by atoms with E-state index in [-0.39, 0.29) is 0 Å². The Bertz CT molecular complexity index is 228. The third-order valence-electron chi connectivity index (χ3n) is 2.48. The molecule has 0 saturated carbocycles. The van der Waals surface area contributed by atoms with Crippen molar-refractivity contribution in [2.45, 2.75) is 51.6 Å². The summed E-state index contributed by atoms with van der Waals surface area (Å²) < 4.78 is 5.96. The highest BCUT2D eigenvalue weighted by atomic mass is 28.3. The molecule has 0 aliphatic heterocycles. The third kappa shape index (κ3) is 3.80. The van der Waals surface area contributed by atoms with E-state index in [1.54, 1.807) is 0 Å². The SMILES string of the molecule is CC(C)OC(CC1=CCC=C1)[SiH](C)C. The minimum atomic E-state index is -0.695. The first kappa shape index (κ1) is 11.7. The summed E-state index contributed by atoms with van der Waals surface area (Å²) in [6.07, 6.45) is 9.38. The van der Waals surface area contributed by atoms with Gasteiger partial charge in [0.25, 0.3) is 0 Å². The van der Waals surface area contributed by atoms with E-state index >= 15 is 0 Å². The van der Waals surface area contributed by atoms with Crippen molar-refractivity contribution in [1.82, 2.24) is 0 Å². The third-order valence-corrected chi connectivity index (χ3v) is 4.36.